The van der Waals surface area contributed by atoms with E-state index in [0.717, 1.165) is 12.0 Å². The Morgan fingerprint density at radius 1 is 1.56 bits per heavy atom. The molecule has 0 aliphatic rings. The van der Waals surface area contributed by atoms with E-state index in [9.17, 15) is 9.59 Å². The van der Waals surface area contributed by atoms with Crippen LogP contribution >= 0.6 is 11.3 Å². The van der Waals surface area contributed by atoms with Crippen molar-refractivity contribution < 1.29 is 14.7 Å². The normalized spacial score (nSPS) is 12.1. The Balaban J connectivity index is 2.69. The number of thiophene rings is 1. The summed E-state index contributed by atoms with van der Waals surface area (Å²) in [6, 6.07) is 1.05. The van der Waals surface area contributed by atoms with Crippen LogP contribution < -0.4 is 5.32 Å². The number of aryl methyl sites for hydroxylation is 1. The molecule has 0 bridgehead atoms. The number of hydrogen-bond acceptors (Lipinski definition) is 3. The van der Waals surface area contributed by atoms with Gasteiger partial charge in [0.2, 0.25) is 0 Å². The van der Waals surface area contributed by atoms with Gasteiger partial charge in [0.25, 0.3) is 5.91 Å². The molecule has 1 aromatic rings. The molecule has 0 aliphatic heterocycles. The number of nitrogens with one attached hydrogen (secondary N) is 1. The minimum Gasteiger partial charge on any atom is -0.480 e. The molecule has 16 heavy (non-hydrogen) atoms. The fraction of sp³-hybridized carbons (Fsp3) is 0.455. The number of carboxylic acid groups (broad SMARTS) is 1. The third-order valence-electron chi connectivity index (χ3n) is 2.25. The van der Waals surface area contributed by atoms with E-state index in [1.165, 1.54) is 11.3 Å². The molecule has 0 aromatic carbocycles. The van der Waals surface area contributed by atoms with E-state index in [2.05, 4.69) is 5.32 Å². The number of amides is 1. The van der Waals surface area contributed by atoms with Crippen molar-refractivity contribution in [3.8, 4) is 0 Å². The van der Waals surface area contributed by atoms with Crippen LogP contribution in [0.2, 0.25) is 0 Å². The predicted molar refractivity (Wildman–Crippen MR) is 62.9 cm³/mol. The molecule has 1 aromatic heterocycles. The van der Waals surface area contributed by atoms with E-state index in [4.69, 9.17) is 5.11 Å². The van der Waals surface area contributed by atoms with Crippen molar-refractivity contribution in [2.24, 2.45) is 0 Å². The first-order valence-electron chi connectivity index (χ1n) is 5.14. The van der Waals surface area contributed by atoms with E-state index in [1.54, 1.807) is 0 Å². The standard InChI is InChI=1S/C11H15NO3S/c1-3-4-8(11(14)15)12-10(13)9-7(2)5-6-16-9/h5-6,8H,3-4H2,1-2H3,(H,12,13)(H,14,15). The van der Waals surface area contributed by atoms with Gasteiger partial charge >= 0.3 is 5.97 Å². The fourth-order valence-electron chi connectivity index (χ4n) is 1.38. The first-order valence-corrected chi connectivity index (χ1v) is 6.02. The van der Waals surface area contributed by atoms with Crippen LogP contribution in [-0.2, 0) is 4.79 Å². The van der Waals surface area contributed by atoms with Gasteiger partial charge in [0.1, 0.15) is 6.04 Å². The number of carbonyl (C=O) groups excluding carboxylic acids is 1. The largest absolute Gasteiger partial charge is 0.480 e. The third kappa shape index (κ3) is 3.06. The van der Waals surface area contributed by atoms with Crippen LogP contribution in [0.4, 0.5) is 0 Å². The van der Waals surface area contributed by atoms with Gasteiger partial charge in [0, 0.05) is 0 Å². The van der Waals surface area contributed by atoms with Gasteiger partial charge in [-0.15, -0.1) is 11.3 Å². The Kier molecular flexibility index (Phi) is 4.49. The highest BCUT2D eigenvalue weighted by atomic mass is 32.1. The van der Waals surface area contributed by atoms with Gasteiger partial charge in [-0.05, 0) is 30.4 Å². The smallest absolute Gasteiger partial charge is 0.326 e. The lowest BCUT2D eigenvalue weighted by Crippen LogP contribution is -2.40. The van der Waals surface area contributed by atoms with Crippen LogP contribution in [0.1, 0.15) is 35.0 Å². The van der Waals surface area contributed by atoms with E-state index < -0.39 is 12.0 Å². The van der Waals surface area contributed by atoms with E-state index >= 15 is 0 Å². The highest BCUT2D eigenvalue weighted by molar-refractivity contribution is 7.12. The Morgan fingerprint density at radius 2 is 2.25 bits per heavy atom. The summed E-state index contributed by atoms with van der Waals surface area (Å²) in [5, 5.41) is 13.3. The first-order chi connectivity index (χ1) is 7.56. The monoisotopic (exact) mass is 241 g/mol. The zero-order chi connectivity index (χ0) is 12.1. The molecule has 1 unspecified atom stereocenters. The summed E-state index contributed by atoms with van der Waals surface area (Å²) in [4.78, 5) is 23.2. The Labute approximate surface area is 98.3 Å². The third-order valence-corrected chi connectivity index (χ3v) is 3.26. The number of rotatable bonds is 5. The average molecular weight is 241 g/mol. The summed E-state index contributed by atoms with van der Waals surface area (Å²) in [6.07, 6.45) is 1.17. The average Bonchev–Trinajstić information content (AvgIpc) is 2.63. The van der Waals surface area contributed by atoms with Crippen LogP contribution in [0.25, 0.3) is 0 Å². The molecule has 0 saturated heterocycles. The van der Waals surface area contributed by atoms with E-state index in [0.29, 0.717) is 11.3 Å². The molecule has 0 fully saturated rings. The Bertz CT molecular complexity index is 386. The van der Waals surface area contributed by atoms with Crippen LogP contribution in [0.3, 0.4) is 0 Å². The van der Waals surface area contributed by atoms with Crippen LogP contribution in [0, 0.1) is 6.92 Å². The predicted octanol–water partition coefficient (Wildman–Crippen LogP) is 2.04. The van der Waals surface area contributed by atoms with Gasteiger partial charge in [-0.3, -0.25) is 4.79 Å². The quantitative estimate of drug-likeness (QED) is 0.829. The van der Waals surface area contributed by atoms with Gasteiger partial charge < -0.3 is 10.4 Å². The van der Waals surface area contributed by atoms with Crippen LogP contribution in [-0.4, -0.2) is 23.0 Å². The second kappa shape index (κ2) is 5.65. The summed E-state index contributed by atoms with van der Waals surface area (Å²) in [6.45, 7) is 3.72. The fourth-order valence-corrected chi connectivity index (χ4v) is 2.20. The second-order valence-electron chi connectivity index (χ2n) is 3.59. The van der Waals surface area contributed by atoms with E-state index in [-0.39, 0.29) is 5.91 Å². The lowest BCUT2D eigenvalue weighted by Gasteiger charge is -2.12. The highest BCUT2D eigenvalue weighted by Crippen LogP contribution is 2.15. The zero-order valence-electron chi connectivity index (χ0n) is 9.32. The molecular weight excluding hydrogens is 226 g/mol. The number of hydrogen-bond donors (Lipinski definition) is 2. The van der Waals surface area contributed by atoms with Crippen molar-refractivity contribution >= 4 is 23.2 Å². The van der Waals surface area contributed by atoms with Crippen molar-refractivity contribution in [2.75, 3.05) is 0 Å². The summed E-state index contributed by atoms with van der Waals surface area (Å²) in [5.41, 5.74) is 0.878. The molecule has 1 atom stereocenters. The maximum absolute atomic E-state index is 11.8. The van der Waals surface area contributed by atoms with Crippen molar-refractivity contribution in [1.29, 1.82) is 0 Å². The molecule has 0 saturated carbocycles. The number of aliphatic carboxylic acids is 1. The van der Waals surface area contributed by atoms with Gasteiger partial charge in [-0.1, -0.05) is 13.3 Å². The molecule has 0 aliphatic carbocycles. The molecule has 2 N–H and O–H groups in total. The van der Waals surface area contributed by atoms with Gasteiger partial charge in [0.05, 0.1) is 4.88 Å². The minimum atomic E-state index is -0.982. The van der Waals surface area contributed by atoms with Gasteiger partial charge in [-0.2, -0.15) is 0 Å². The number of carbonyl (C=O) groups is 2. The Hall–Kier alpha value is -1.36. The lowest BCUT2D eigenvalue weighted by molar-refractivity contribution is -0.139. The molecule has 5 heteroatoms. The van der Waals surface area contributed by atoms with Crippen LogP contribution in [0.5, 0.6) is 0 Å². The van der Waals surface area contributed by atoms with Crippen molar-refractivity contribution in [3.05, 3.63) is 21.9 Å². The topological polar surface area (TPSA) is 66.4 Å². The highest BCUT2D eigenvalue weighted by Gasteiger charge is 2.20. The second-order valence-corrected chi connectivity index (χ2v) is 4.50. The molecule has 4 nitrogen and oxygen atoms in total. The maximum Gasteiger partial charge on any atom is 0.326 e. The van der Waals surface area contributed by atoms with Crippen molar-refractivity contribution in [2.45, 2.75) is 32.7 Å². The summed E-state index contributed by atoms with van der Waals surface area (Å²) in [7, 11) is 0. The summed E-state index contributed by atoms with van der Waals surface area (Å²) >= 11 is 1.32. The molecule has 0 spiro atoms. The maximum atomic E-state index is 11.8. The van der Waals surface area contributed by atoms with E-state index in [1.807, 2.05) is 25.3 Å². The minimum absolute atomic E-state index is 0.298. The first kappa shape index (κ1) is 12.7. The van der Waals surface area contributed by atoms with Gasteiger partial charge in [-0.25, -0.2) is 4.79 Å². The van der Waals surface area contributed by atoms with Gasteiger partial charge in [0.15, 0.2) is 0 Å². The molecule has 1 amide bonds. The van der Waals surface area contributed by atoms with Crippen molar-refractivity contribution in [1.82, 2.24) is 5.32 Å². The molecule has 0 radical (unpaired) electrons. The zero-order valence-corrected chi connectivity index (χ0v) is 10.1. The summed E-state index contributed by atoms with van der Waals surface area (Å²) in [5.74, 6) is -1.28. The Morgan fingerprint density at radius 3 is 2.69 bits per heavy atom. The molecular formula is C11H15NO3S. The van der Waals surface area contributed by atoms with Crippen LogP contribution in [0.15, 0.2) is 11.4 Å². The molecule has 1 heterocycles. The number of carboxylic acids is 1. The SMILES string of the molecule is CCCC(NC(=O)c1sccc1C)C(=O)O. The summed E-state index contributed by atoms with van der Waals surface area (Å²) < 4.78 is 0. The molecule has 88 valence electrons. The lowest BCUT2D eigenvalue weighted by atomic mass is 10.1. The van der Waals surface area contributed by atoms with Crippen molar-refractivity contribution in [3.63, 3.8) is 0 Å². The molecule has 1 rings (SSSR count).